The number of carbonyl (C=O) groups excluding carboxylic acids is 2. The fraction of sp³-hybridized carbons (Fsp3) is 0.0714. The Hall–Kier alpha value is -3.82. The molecule has 3 aromatic carbocycles. The highest BCUT2D eigenvalue weighted by atomic mass is 35.5. The molecule has 0 saturated carbocycles. The second kappa shape index (κ2) is 11.3. The van der Waals surface area contributed by atoms with Gasteiger partial charge < -0.3 is 19.7 Å². The number of aromatic nitrogens is 2. The van der Waals surface area contributed by atoms with Crippen LogP contribution < -0.4 is 10.6 Å². The molecule has 0 radical (unpaired) electrons. The highest BCUT2D eigenvalue weighted by Crippen LogP contribution is 2.37. The number of halogens is 4. The number of nitrogens with zero attached hydrogens (tertiary/aromatic N) is 2. The van der Waals surface area contributed by atoms with E-state index < -0.39 is 11.8 Å². The minimum absolute atomic E-state index is 0.0814. The van der Waals surface area contributed by atoms with Crippen LogP contribution in [0.15, 0.2) is 69.7 Å². The predicted octanol–water partition coefficient (Wildman–Crippen LogP) is 8.73. The molecule has 40 heavy (non-hydrogen) atoms. The highest BCUT2D eigenvalue weighted by molar-refractivity contribution is 6.41. The molecule has 2 amide bonds. The first-order valence-electron chi connectivity index (χ1n) is 11.7. The molecule has 8 nitrogen and oxygen atoms in total. The number of hydrogen-bond acceptors (Lipinski definition) is 6. The normalized spacial score (nSPS) is 10.9. The summed E-state index contributed by atoms with van der Waals surface area (Å²) in [6.07, 6.45) is 0. The van der Waals surface area contributed by atoms with Crippen molar-refractivity contribution >= 4 is 69.6 Å². The Labute approximate surface area is 248 Å². The summed E-state index contributed by atoms with van der Waals surface area (Å²) in [4.78, 5) is 26.5. The zero-order valence-corrected chi connectivity index (χ0v) is 23.8. The maximum Gasteiger partial charge on any atom is 0.261 e. The van der Waals surface area contributed by atoms with Gasteiger partial charge in [0.2, 0.25) is 0 Å². The van der Waals surface area contributed by atoms with Crippen molar-refractivity contribution < 1.29 is 18.6 Å². The number of rotatable bonds is 6. The van der Waals surface area contributed by atoms with Gasteiger partial charge in [-0.25, -0.2) is 0 Å². The molecule has 0 bridgehead atoms. The number of amides is 2. The van der Waals surface area contributed by atoms with Crippen molar-refractivity contribution in [1.29, 1.82) is 0 Å². The van der Waals surface area contributed by atoms with Gasteiger partial charge in [-0.3, -0.25) is 9.59 Å². The number of carbonyl (C=O) groups is 2. The first-order chi connectivity index (χ1) is 19.2. The molecule has 2 N–H and O–H groups in total. The highest BCUT2D eigenvalue weighted by Gasteiger charge is 2.26. The number of nitrogens with one attached hydrogen (secondary N) is 2. The Morgan fingerprint density at radius 3 is 1.52 bits per heavy atom. The Morgan fingerprint density at radius 2 is 1.07 bits per heavy atom. The zero-order chi connectivity index (χ0) is 28.6. The van der Waals surface area contributed by atoms with E-state index in [2.05, 4.69) is 20.9 Å². The Kier molecular flexibility index (Phi) is 7.87. The van der Waals surface area contributed by atoms with E-state index in [1.807, 2.05) is 0 Å². The van der Waals surface area contributed by atoms with Crippen LogP contribution in [-0.4, -0.2) is 22.1 Å². The number of hydrogen-bond donors (Lipinski definition) is 2. The molecule has 0 unspecified atom stereocenters. The number of aryl methyl sites for hydroxylation is 2. The molecule has 5 rings (SSSR count). The van der Waals surface area contributed by atoms with Crippen molar-refractivity contribution in [3.63, 3.8) is 0 Å². The molecule has 5 aromatic rings. The van der Waals surface area contributed by atoms with E-state index in [4.69, 9.17) is 55.4 Å². The van der Waals surface area contributed by atoms with Gasteiger partial charge in [-0.15, -0.1) is 0 Å². The van der Waals surface area contributed by atoms with Gasteiger partial charge in [-0.1, -0.05) is 93.1 Å². The average Bonchev–Trinajstić information content (AvgIpc) is 3.49. The largest absolute Gasteiger partial charge is 0.360 e. The molecule has 0 aliphatic rings. The van der Waals surface area contributed by atoms with Crippen LogP contribution in [0.2, 0.25) is 20.1 Å². The third-order valence-corrected chi connectivity index (χ3v) is 7.23. The first-order valence-corrected chi connectivity index (χ1v) is 13.2. The summed E-state index contributed by atoms with van der Waals surface area (Å²) < 4.78 is 10.6. The van der Waals surface area contributed by atoms with E-state index in [0.717, 1.165) is 0 Å². The fourth-order valence-electron chi connectivity index (χ4n) is 4.09. The Morgan fingerprint density at radius 1 is 0.650 bits per heavy atom. The zero-order valence-electron chi connectivity index (χ0n) is 20.8. The third-order valence-electron chi connectivity index (χ3n) is 5.98. The lowest BCUT2D eigenvalue weighted by molar-refractivity contribution is 0.101. The summed E-state index contributed by atoms with van der Waals surface area (Å²) in [6, 6.07) is 16.8. The van der Waals surface area contributed by atoms with Crippen molar-refractivity contribution in [2.75, 3.05) is 10.6 Å². The van der Waals surface area contributed by atoms with Crippen LogP contribution in [0.1, 0.15) is 32.2 Å². The fourth-order valence-corrected chi connectivity index (χ4v) is 5.12. The van der Waals surface area contributed by atoms with Gasteiger partial charge in [0.1, 0.15) is 34.0 Å². The van der Waals surface area contributed by atoms with Crippen molar-refractivity contribution in [3.8, 4) is 22.5 Å². The number of anilines is 2. The second-order valence-electron chi connectivity index (χ2n) is 8.61. The first kappa shape index (κ1) is 27.7. The summed E-state index contributed by atoms with van der Waals surface area (Å²) in [7, 11) is 0. The summed E-state index contributed by atoms with van der Waals surface area (Å²) in [5, 5.41) is 14.5. The summed E-state index contributed by atoms with van der Waals surface area (Å²) in [6.45, 7) is 3.22. The molecule has 202 valence electrons. The molecule has 2 heterocycles. The van der Waals surface area contributed by atoms with E-state index in [9.17, 15) is 9.59 Å². The average molecular weight is 616 g/mol. The Balaban J connectivity index is 1.40. The number of benzene rings is 3. The van der Waals surface area contributed by atoms with Gasteiger partial charge in [0.25, 0.3) is 11.8 Å². The topological polar surface area (TPSA) is 110 Å². The van der Waals surface area contributed by atoms with Crippen LogP contribution in [-0.2, 0) is 0 Å². The quantitative estimate of drug-likeness (QED) is 0.198. The van der Waals surface area contributed by atoms with Gasteiger partial charge in [0, 0.05) is 16.8 Å². The Bertz CT molecular complexity index is 1760. The van der Waals surface area contributed by atoms with Gasteiger partial charge in [-0.05, 0) is 38.1 Å². The molecule has 0 fully saturated rings. The van der Waals surface area contributed by atoms with Gasteiger partial charge >= 0.3 is 0 Å². The molecule has 2 aromatic heterocycles. The monoisotopic (exact) mass is 614 g/mol. The standard InChI is InChI=1S/C28H18Cl4N4O4/c1-13-22(24(35-39-13)16-7-3-5-9-18(16)29)27(37)33-15-11-20(31)26(21(32)12-15)34-28(38)23-14(2)40-36-25(23)17-8-4-6-10-19(17)30/h3-12H,1-2H3,(H,33,37)(H,34,38). The van der Waals surface area contributed by atoms with Crippen LogP contribution in [0.3, 0.4) is 0 Å². The van der Waals surface area contributed by atoms with E-state index >= 15 is 0 Å². The van der Waals surface area contributed by atoms with Gasteiger partial charge in [0.15, 0.2) is 0 Å². The van der Waals surface area contributed by atoms with Crippen LogP contribution in [0.25, 0.3) is 22.5 Å². The smallest absolute Gasteiger partial charge is 0.261 e. The predicted molar refractivity (Wildman–Crippen MR) is 156 cm³/mol. The maximum atomic E-state index is 13.3. The van der Waals surface area contributed by atoms with Crippen molar-refractivity contribution in [3.05, 3.63) is 103 Å². The van der Waals surface area contributed by atoms with Crippen molar-refractivity contribution in [1.82, 2.24) is 10.3 Å². The van der Waals surface area contributed by atoms with Crippen LogP contribution in [0.4, 0.5) is 11.4 Å². The van der Waals surface area contributed by atoms with Crippen molar-refractivity contribution in [2.24, 2.45) is 0 Å². The molecule has 0 saturated heterocycles. The summed E-state index contributed by atoms with van der Waals surface area (Å²) in [5.41, 5.74) is 2.43. The second-order valence-corrected chi connectivity index (χ2v) is 10.2. The van der Waals surface area contributed by atoms with Gasteiger partial charge in [0.05, 0.1) is 25.8 Å². The van der Waals surface area contributed by atoms with E-state index in [0.29, 0.717) is 32.6 Å². The summed E-state index contributed by atoms with van der Waals surface area (Å²) in [5.74, 6) is -0.491. The lowest BCUT2D eigenvalue weighted by Crippen LogP contribution is -2.16. The molecule has 12 heteroatoms. The molecular weight excluding hydrogens is 598 g/mol. The molecular formula is C28H18Cl4N4O4. The molecule has 0 aliphatic heterocycles. The molecule has 0 atom stereocenters. The van der Waals surface area contributed by atoms with Crippen LogP contribution in [0.5, 0.6) is 0 Å². The summed E-state index contributed by atoms with van der Waals surface area (Å²) >= 11 is 25.6. The lowest BCUT2D eigenvalue weighted by atomic mass is 10.1. The van der Waals surface area contributed by atoms with Crippen molar-refractivity contribution in [2.45, 2.75) is 13.8 Å². The van der Waals surface area contributed by atoms with Gasteiger partial charge in [-0.2, -0.15) is 0 Å². The molecule has 0 spiro atoms. The van der Waals surface area contributed by atoms with Crippen LogP contribution in [0, 0.1) is 13.8 Å². The van der Waals surface area contributed by atoms with E-state index in [-0.39, 0.29) is 44.0 Å². The molecule has 0 aliphatic carbocycles. The third kappa shape index (κ3) is 5.31. The van der Waals surface area contributed by atoms with Crippen LogP contribution >= 0.6 is 46.4 Å². The maximum absolute atomic E-state index is 13.3. The SMILES string of the molecule is Cc1onc(-c2ccccc2Cl)c1C(=O)Nc1cc(Cl)c(NC(=O)c2c(-c3ccccc3Cl)noc2C)c(Cl)c1. The minimum Gasteiger partial charge on any atom is -0.360 e. The minimum atomic E-state index is -0.557. The lowest BCUT2D eigenvalue weighted by Gasteiger charge is -2.13. The van der Waals surface area contributed by atoms with E-state index in [1.165, 1.54) is 12.1 Å². The van der Waals surface area contributed by atoms with E-state index in [1.54, 1.807) is 62.4 Å².